The Hall–Kier alpha value is -1.02. The van der Waals surface area contributed by atoms with Crippen LogP contribution < -0.4 is 68.2 Å². The summed E-state index contributed by atoms with van der Waals surface area (Å²) in [7, 11) is -6.01. The molecular weight excluding hydrogens is 1840 g/mol. The molecule has 2 saturated heterocycles. The molecule has 1 amide bonds. The minimum absolute atomic E-state index is 0. The molecule has 0 bridgehead atoms. The van der Waals surface area contributed by atoms with E-state index in [1.165, 1.54) is 12.5 Å². The number of likely N-dealkylation sites (tertiary alicyclic amines) is 1. The Bertz CT molecular complexity index is 3250. The van der Waals surface area contributed by atoms with E-state index in [0.717, 1.165) is 92.1 Å². The molecule has 30 heteroatoms. The maximum absolute atomic E-state index is 12.9. The van der Waals surface area contributed by atoms with Crippen molar-refractivity contribution in [3.05, 3.63) is 85.5 Å². The number of sulfone groups is 2. The van der Waals surface area contributed by atoms with Crippen molar-refractivity contribution < 1.29 is 95.5 Å². The molecule has 86 heavy (non-hydrogen) atoms. The van der Waals surface area contributed by atoms with Gasteiger partial charge in [0, 0.05) is 116 Å². The molecule has 10 rings (SSSR count). The number of hydrogen-bond acceptors (Lipinski definition) is 17. The van der Waals surface area contributed by atoms with Crippen LogP contribution in [0.5, 0.6) is 11.5 Å². The third-order valence-electron chi connectivity index (χ3n) is 14.9. The molecule has 2 aliphatic heterocycles. The van der Waals surface area contributed by atoms with Crippen LogP contribution >= 0.6 is 98.4 Å². The molecule has 0 atom stereocenters. The summed E-state index contributed by atoms with van der Waals surface area (Å²) in [5.41, 5.74) is 1.85. The molecule has 2 aromatic carbocycles. The summed E-state index contributed by atoms with van der Waals surface area (Å²) in [6.45, 7) is 3.94. The molecule has 21 nitrogen and oxygen atoms in total. The predicted octanol–water partition coefficient (Wildman–Crippen LogP) is 4.49. The van der Waals surface area contributed by atoms with E-state index in [1.807, 2.05) is 87.1 Å². The number of piperidine rings is 2. The van der Waals surface area contributed by atoms with Crippen LogP contribution in [0, 0.1) is 11.8 Å². The molecule has 6 heterocycles. The first kappa shape index (κ1) is 77.4. The second kappa shape index (κ2) is 40.2. The number of rotatable bonds is 18. The fourth-order valence-electron chi connectivity index (χ4n) is 10.5. The number of nitrogens with zero attached hydrogens (tertiary/aromatic N) is 7. The van der Waals surface area contributed by atoms with Crippen LogP contribution in [0.2, 0.25) is 0 Å². The average Bonchev–Trinajstić information content (AvgIpc) is 2.66. The molecule has 4 aromatic heterocycles. The molecule has 6 N–H and O–H groups in total. The van der Waals surface area contributed by atoms with E-state index in [2.05, 4.69) is 105 Å². The van der Waals surface area contributed by atoms with Crippen molar-refractivity contribution in [2.24, 2.45) is 11.8 Å². The Kier molecular flexibility index (Phi) is 36.2. The minimum atomic E-state index is -3.01. The number of halogens is 6. The molecule has 474 valence electrons. The Morgan fingerprint density at radius 3 is 1.44 bits per heavy atom. The smallest absolute Gasteiger partial charge is 1.00 e. The third kappa shape index (κ3) is 25.8. The number of aliphatic hydroxyl groups is 2. The van der Waals surface area contributed by atoms with Gasteiger partial charge >= 0.3 is 86.0 Å². The Morgan fingerprint density at radius 2 is 1.06 bits per heavy atom. The number of nitrogens with one attached hydrogen (secondary N) is 3. The monoisotopic (exact) mass is 1910 g/mol. The predicted molar refractivity (Wildman–Crippen MR) is 376 cm³/mol. The first-order chi connectivity index (χ1) is 40.4. The normalized spacial score (nSPS) is 19.0. The van der Waals surface area contributed by atoms with Crippen molar-refractivity contribution in [2.45, 2.75) is 114 Å². The van der Waals surface area contributed by atoms with Crippen molar-refractivity contribution in [3.63, 3.8) is 0 Å². The number of carboxylic acid groups (broad SMARTS) is 1. The first-order valence-electron chi connectivity index (χ1n) is 28.0. The van der Waals surface area contributed by atoms with Gasteiger partial charge in [-0.15, -0.1) is 24.0 Å². The number of fused-ring (bicyclic) bond motifs is 2. The minimum Gasteiger partial charge on any atom is -1.00 e. The molecular formula is C56H78I6N10NaO11S2-. The molecule has 0 unspecified atom stereocenters. The van der Waals surface area contributed by atoms with Crippen LogP contribution in [0.1, 0.15) is 91.3 Å². The van der Waals surface area contributed by atoms with Gasteiger partial charge < -0.3 is 56.2 Å². The maximum Gasteiger partial charge on any atom is 1.00 e. The Balaban J connectivity index is 0.000000375. The number of carbonyl (C=O) groups is 2. The number of amides is 1. The Morgan fingerprint density at radius 1 is 0.651 bits per heavy atom. The van der Waals surface area contributed by atoms with Crippen LogP contribution in [0.15, 0.2) is 85.5 Å². The number of benzene rings is 2. The number of aliphatic hydroxyl groups excluding tert-OH is 2. The molecule has 0 spiro atoms. The zero-order valence-corrected chi connectivity index (χ0v) is 65.2. The molecule has 0 radical (unpaired) electrons. The Labute approximate surface area is 599 Å². The summed E-state index contributed by atoms with van der Waals surface area (Å²) < 4.78 is 61.1. The van der Waals surface area contributed by atoms with Gasteiger partial charge in [0.2, 0.25) is 17.8 Å². The average molecular weight is 1920 g/mol. The number of aliphatic carboxylic acids is 1. The van der Waals surface area contributed by atoms with Crippen LogP contribution in [0.4, 0.5) is 11.9 Å². The van der Waals surface area contributed by atoms with E-state index < -0.39 is 25.6 Å². The van der Waals surface area contributed by atoms with Crippen molar-refractivity contribution in [2.75, 3.05) is 74.0 Å². The van der Waals surface area contributed by atoms with Gasteiger partial charge in [-0.1, -0.05) is 12.1 Å². The zero-order chi connectivity index (χ0) is 60.7. The summed E-state index contributed by atoms with van der Waals surface area (Å²) in [4.78, 5) is 44.2. The van der Waals surface area contributed by atoms with Gasteiger partial charge in [0.05, 0.1) is 53.9 Å². The topological polar surface area (TPSA) is 282 Å². The third-order valence-corrected chi connectivity index (χ3v) is 17.0. The standard InChI is InChI=1S/C28H37N5O5S.C23H28N4O5S.C5H11NO.I3.I2.HI.Na.H/c1-39(36,37)19-3-18-38-25-5-2-4-24-23(25)13-17-33(24)26-10-14-29-28(31-26)30-21-8-6-20(7-9-21)27(35)32-15-11-22(34)12-16-32;1-33(30,31)15-3-14-32-20-5-2-4-19-18(20)11-13-27(19)21-10-12-24-23(26-21)25-17-8-6-16(7-9-17)22(28)29;7-5-1-3-6-4-2-5;1-3-2;1-2;;;/h2,4-5,10,13-14,17,20-22,34H,3,6-9,11-12,15-16,18-19H2,1H3,(H,29,30,31);2,4-5,10-13,16-17H,3,6-9,14-15H2,1H3,(H,28,29)(H,24,25,26);5-7H,1-4H2;;;1H;;/q;;;-1;;;+1;-1. The van der Waals surface area contributed by atoms with Gasteiger partial charge in [0.25, 0.3) is 0 Å². The SMILES string of the molecule is CS(=O)(=O)CCCOc1cccc2c1ccn2-c1ccnc(NC2CCC(C(=O)N3CCC(O)CC3)CC2)n1.CS(=O)(=O)CCCOc1cccc2c1ccn2-c1ccnc(NC2CCC(C(=O)O)CC2)n1.I.II.I[I-]I.OC1CCNCC1.[H-].[Na+]. The second-order valence-corrected chi connectivity index (χ2v) is 42.0. The second-order valence-electron chi connectivity index (χ2n) is 21.2. The largest absolute Gasteiger partial charge is 1.00 e. The van der Waals surface area contributed by atoms with Crippen LogP contribution in [-0.2, 0) is 29.3 Å². The number of aromatic nitrogens is 6. The molecule has 2 saturated carbocycles. The summed E-state index contributed by atoms with van der Waals surface area (Å²) in [5, 5.41) is 39.6. The molecule has 4 aliphatic rings. The van der Waals surface area contributed by atoms with Gasteiger partial charge in [0.1, 0.15) is 42.8 Å². The zero-order valence-electron chi connectivity index (χ0n) is 49.5. The fourth-order valence-corrected chi connectivity index (χ4v) is 11.8. The molecule has 6 aromatic rings. The summed E-state index contributed by atoms with van der Waals surface area (Å²) in [6, 6.07) is 19.5. The van der Waals surface area contributed by atoms with Crippen molar-refractivity contribution in [1.29, 1.82) is 0 Å². The quantitative estimate of drug-likeness (QED) is 0.0393. The summed E-state index contributed by atoms with van der Waals surface area (Å²) in [6.07, 6.45) is 19.8. The van der Waals surface area contributed by atoms with Crippen LogP contribution in [0.3, 0.4) is 0 Å². The van der Waals surface area contributed by atoms with E-state index >= 15 is 0 Å². The van der Waals surface area contributed by atoms with E-state index in [0.29, 0.717) is 107 Å². The number of carbonyl (C=O) groups excluding carboxylic acids is 1. The van der Waals surface area contributed by atoms with Crippen molar-refractivity contribution in [1.82, 2.24) is 39.3 Å². The van der Waals surface area contributed by atoms with Gasteiger partial charge in [-0.05, 0) is 152 Å². The summed E-state index contributed by atoms with van der Waals surface area (Å²) in [5.74, 6) is 3.42. The summed E-state index contributed by atoms with van der Waals surface area (Å²) >= 11 is 9.54. The number of ether oxygens (including phenoxy) is 2. The molecule has 4 fully saturated rings. The fraction of sp³-hybridized carbons (Fsp3) is 0.536. The van der Waals surface area contributed by atoms with E-state index in [9.17, 15) is 36.6 Å². The van der Waals surface area contributed by atoms with E-state index in [4.69, 9.17) is 19.6 Å². The van der Waals surface area contributed by atoms with E-state index in [1.54, 1.807) is 12.4 Å². The van der Waals surface area contributed by atoms with Crippen molar-refractivity contribution >= 4 is 164 Å². The van der Waals surface area contributed by atoms with Gasteiger partial charge in [0.15, 0.2) is 0 Å². The van der Waals surface area contributed by atoms with Crippen molar-refractivity contribution in [3.8, 4) is 23.1 Å². The van der Waals surface area contributed by atoms with Gasteiger partial charge in [-0.25, -0.2) is 26.8 Å². The number of anilines is 2. The number of hydrogen-bond donors (Lipinski definition) is 6. The van der Waals surface area contributed by atoms with Gasteiger partial charge in [-0.2, -0.15) is 9.97 Å². The molecule has 2 aliphatic carbocycles. The first-order valence-corrected chi connectivity index (χ1v) is 51.0. The van der Waals surface area contributed by atoms with Gasteiger partial charge in [-0.3, -0.25) is 9.59 Å². The van der Waals surface area contributed by atoms with E-state index in [-0.39, 0.29) is 109 Å². The van der Waals surface area contributed by atoms with Crippen LogP contribution in [0.25, 0.3) is 33.4 Å². The maximum atomic E-state index is 12.9. The number of carboxylic acids is 1. The van der Waals surface area contributed by atoms with Crippen LogP contribution in [-0.4, -0.2) is 166 Å².